The summed E-state index contributed by atoms with van der Waals surface area (Å²) in [4.78, 5) is 2.26. The first-order valence-electron chi connectivity index (χ1n) is 6.23. The first kappa shape index (κ1) is 17.0. The van der Waals surface area contributed by atoms with E-state index >= 15 is 0 Å². The summed E-state index contributed by atoms with van der Waals surface area (Å²) in [6, 6.07) is 3.18. The van der Waals surface area contributed by atoms with Crippen molar-refractivity contribution in [3.63, 3.8) is 0 Å². The largest absolute Gasteiger partial charge is 0.314 e. The fourth-order valence-electron chi connectivity index (χ4n) is 2.49. The van der Waals surface area contributed by atoms with Crippen molar-refractivity contribution in [2.45, 2.75) is 19.4 Å². The maximum absolute atomic E-state index is 14.2. The van der Waals surface area contributed by atoms with Gasteiger partial charge in [-0.05, 0) is 18.6 Å². The molecule has 0 aliphatic carbocycles. The van der Waals surface area contributed by atoms with Gasteiger partial charge in [-0.2, -0.15) is 0 Å². The van der Waals surface area contributed by atoms with Crippen molar-refractivity contribution in [1.29, 1.82) is 0 Å². The third-order valence-electron chi connectivity index (χ3n) is 3.39. The van der Waals surface area contributed by atoms with Gasteiger partial charge >= 0.3 is 0 Å². The molecular formula is C13H18Cl3FN2. The molecule has 0 amide bonds. The van der Waals surface area contributed by atoms with Gasteiger partial charge in [0.05, 0.1) is 5.02 Å². The average molecular weight is 328 g/mol. The van der Waals surface area contributed by atoms with Crippen LogP contribution in [0.2, 0.25) is 10.0 Å². The highest BCUT2D eigenvalue weighted by Gasteiger charge is 2.26. The molecule has 1 heterocycles. The van der Waals surface area contributed by atoms with E-state index in [-0.39, 0.29) is 29.3 Å². The summed E-state index contributed by atoms with van der Waals surface area (Å²) in [5.41, 5.74) is 0.536. The quantitative estimate of drug-likeness (QED) is 0.847. The standard InChI is InChI=1S/C13H17Cl2FN2.ClH/c1-2-11(18-7-5-17-6-8-18)12-9(14)3-4-10(15)13(12)16;/h3-4,11,17H,2,5-8H2,1H3;1H/t11-;/m1./s1. The van der Waals surface area contributed by atoms with Crippen molar-refractivity contribution in [2.24, 2.45) is 0 Å². The zero-order valence-electron chi connectivity index (χ0n) is 10.8. The second-order valence-electron chi connectivity index (χ2n) is 4.47. The molecule has 19 heavy (non-hydrogen) atoms. The lowest BCUT2D eigenvalue weighted by atomic mass is 10.0. The van der Waals surface area contributed by atoms with Crippen LogP contribution in [-0.4, -0.2) is 31.1 Å². The van der Waals surface area contributed by atoms with Crippen LogP contribution in [0.15, 0.2) is 12.1 Å². The first-order valence-corrected chi connectivity index (χ1v) is 6.99. The van der Waals surface area contributed by atoms with Gasteiger partial charge in [-0.3, -0.25) is 4.90 Å². The van der Waals surface area contributed by atoms with E-state index in [1.807, 2.05) is 6.92 Å². The Bertz CT molecular complexity index is 423. The van der Waals surface area contributed by atoms with Crippen molar-refractivity contribution >= 4 is 35.6 Å². The number of nitrogens with zero attached hydrogens (tertiary/aromatic N) is 1. The molecule has 1 saturated heterocycles. The van der Waals surface area contributed by atoms with Crippen LogP contribution in [0.1, 0.15) is 24.9 Å². The number of hydrogen-bond acceptors (Lipinski definition) is 2. The maximum Gasteiger partial charge on any atom is 0.148 e. The minimum Gasteiger partial charge on any atom is -0.314 e. The monoisotopic (exact) mass is 326 g/mol. The van der Waals surface area contributed by atoms with Crippen molar-refractivity contribution in [2.75, 3.05) is 26.2 Å². The van der Waals surface area contributed by atoms with Crippen LogP contribution in [0, 0.1) is 5.82 Å². The Morgan fingerprint density at radius 1 is 1.26 bits per heavy atom. The van der Waals surface area contributed by atoms with Gasteiger partial charge in [0.2, 0.25) is 0 Å². The highest BCUT2D eigenvalue weighted by atomic mass is 35.5. The van der Waals surface area contributed by atoms with Crippen LogP contribution in [0.25, 0.3) is 0 Å². The first-order chi connectivity index (χ1) is 8.65. The predicted octanol–water partition coefficient (Wildman–Crippen LogP) is 3.91. The van der Waals surface area contributed by atoms with E-state index < -0.39 is 0 Å². The minimum absolute atomic E-state index is 0. The molecule has 1 aliphatic rings. The highest BCUT2D eigenvalue weighted by Crippen LogP contribution is 2.35. The van der Waals surface area contributed by atoms with Crippen LogP contribution in [0.5, 0.6) is 0 Å². The van der Waals surface area contributed by atoms with Crippen molar-refractivity contribution in [3.8, 4) is 0 Å². The summed E-state index contributed by atoms with van der Waals surface area (Å²) < 4.78 is 14.2. The number of hydrogen-bond donors (Lipinski definition) is 1. The summed E-state index contributed by atoms with van der Waals surface area (Å²) in [5, 5.41) is 3.89. The van der Waals surface area contributed by atoms with E-state index in [2.05, 4.69) is 10.2 Å². The van der Waals surface area contributed by atoms with E-state index in [1.54, 1.807) is 6.07 Å². The molecule has 6 heteroatoms. The molecule has 2 nitrogen and oxygen atoms in total. The lowest BCUT2D eigenvalue weighted by Gasteiger charge is -2.35. The van der Waals surface area contributed by atoms with Crippen molar-refractivity contribution < 1.29 is 4.39 Å². The number of rotatable bonds is 3. The second-order valence-corrected chi connectivity index (χ2v) is 5.28. The fraction of sp³-hybridized carbons (Fsp3) is 0.538. The van der Waals surface area contributed by atoms with Crippen molar-refractivity contribution in [1.82, 2.24) is 10.2 Å². The molecule has 2 rings (SSSR count). The smallest absolute Gasteiger partial charge is 0.148 e. The summed E-state index contributed by atoms with van der Waals surface area (Å²) in [6.07, 6.45) is 0.816. The number of halogens is 4. The van der Waals surface area contributed by atoms with E-state index in [1.165, 1.54) is 6.07 Å². The lowest BCUT2D eigenvalue weighted by Crippen LogP contribution is -2.45. The van der Waals surface area contributed by atoms with Crippen LogP contribution in [0.4, 0.5) is 4.39 Å². The van der Waals surface area contributed by atoms with Gasteiger partial charge in [0.25, 0.3) is 0 Å². The van der Waals surface area contributed by atoms with Crippen molar-refractivity contribution in [3.05, 3.63) is 33.6 Å². The maximum atomic E-state index is 14.2. The average Bonchev–Trinajstić information content (AvgIpc) is 2.40. The van der Waals surface area contributed by atoms with Gasteiger partial charge in [0, 0.05) is 42.8 Å². The number of nitrogens with one attached hydrogen (secondary N) is 1. The van der Waals surface area contributed by atoms with Crippen LogP contribution in [0.3, 0.4) is 0 Å². The highest BCUT2D eigenvalue weighted by molar-refractivity contribution is 6.33. The molecule has 0 radical (unpaired) electrons. The summed E-state index contributed by atoms with van der Waals surface area (Å²) in [5.74, 6) is -0.380. The SMILES string of the molecule is CC[C@H](c1c(Cl)ccc(Cl)c1F)N1CCNCC1.Cl. The zero-order chi connectivity index (χ0) is 13.1. The van der Waals surface area contributed by atoms with Gasteiger partial charge in [-0.25, -0.2) is 4.39 Å². The molecule has 1 fully saturated rings. The summed E-state index contributed by atoms with van der Waals surface area (Å²) in [7, 11) is 0. The summed E-state index contributed by atoms with van der Waals surface area (Å²) in [6.45, 7) is 5.71. The van der Waals surface area contributed by atoms with Gasteiger partial charge in [0.1, 0.15) is 5.82 Å². The fourth-order valence-corrected chi connectivity index (χ4v) is 2.92. The third-order valence-corrected chi connectivity index (χ3v) is 4.01. The van der Waals surface area contributed by atoms with Gasteiger partial charge < -0.3 is 5.32 Å². The normalized spacial score (nSPS) is 17.9. The number of piperazine rings is 1. The molecule has 0 bridgehead atoms. The van der Waals surface area contributed by atoms with Gasteiger partial charge in [0.15, 0.2) is 0 Å². The molecule has 1 atom stereocenters. The Morgan fingerprint density at radius 2 is 1.84 bits per heavy atom. The van der Waals surface area contributed by atoms with E-state index in [9.17, 15) is 4.39 Å². The predicted molar refractivity (Wildman–Crippen MR) is 81.1 cm³/mol. The van der Waals surface area contributed by atoms with E-state index in [0.29, 0.717) is 10.6 Å². The zero-order valence-corrected chi connectivity index (χ0v) is 13.1. The molecule has 1 aromatic rings. The minimum atomic E-state index is -0.380. The van der Waals surface area contributed by atoms with Crippen LogP contribution >= 0.6 is 35.6 Å². The molecular weight excluding hydrogens is 310 g/mol. The topological polar surface area (TPSA) is 15.3 Å². The Kier molecular flexibility index (Phi) is 6.84. The Morgan fingerprint density at radius 3 is 2.42 bits per heavy atom. The Labute approximate surface area is 129 Å². The Hall–Kier alpha value is -0.0600. The molecule has 1 aliphatic heterocycles. The second kappa shape index (κ2) is 7.65. The molecule has 0 aromatic heterocycles. The van der Waals surface area contributed by atoms with Gasteiger partial charge in [-0.1, -0.05) is 30.1 Å². The Balaban J connectivity index is 0.00000180. The van der Waals surface area contributed by atoms with Crippen LogP contribution in [-0.2, 0) is 0 Å². The lowest BCUT2D eigenvalue weighted by molar-refractivity contribution is 0.166. The number of benzene rings is 1. The van der Waals surface area contributed by atoms with E-state index in [0.717, 1.165) is 32.6 Å². The van der Waals surface area contributed by atoms with E-state index in [4.69, 9.17) is 23.2 Å². The summed E-state index contributed by atoms with van der Waals surface area (Å²) >= 11 is 12.0. The third kappa shape index (κ3) is 3.73. The van der Waals surface area contributed by atoms with Crippen LogP contribution < -0.4 is 5.32 Å². The molecule has 0 unspecified atom stereocenters. The molecule has 108 valence electrons. The molecule has 1 N–H and O–H groups in total. The molecule has 0 saturated carbocycles. The molecule has 1 aromatic carbocycles. The molecule has 0 spiro atoms. The van der Waals surface area contributed by atoms with Gasteiger partial charge in [-0.15, -0.1) is 12.4 Å².